The molecule has 2 saturated heterocycles. The summed E-state index contributed by atoms with van der Waals surface area (Å²) in [6, 6.07) is 0.538. The van der Waals surface area contributed by atoms with Crippen LogP contribution in [0.2, 0.25) is 0 Å². The van der Waals surface area contributed by atoms with Crippen LogP contribution in [0.3, 0.4) is 0 Å². The van der Waals surface area contributed by atoms with Gasteiger partial charge in [-0.25, -0.2) is 8.42 Å². The van der Waals surface area contributed by atoms with E-state index in [9.17, 15) is 8.42 Å². The summed E-state index contributed by atoms with van der Waals surface area (Å²) in [4.78, 5) is 0. The zero-order valence-electron chi connectivity index (χ0n) is 12.3. The first-order valence-corrected chi connectivity index (χ1v) is 9.18. The van der Waals surface area contributed by atoms with E-state index in [1.54, 1.807) is 0 Å². The lowest BCUT2D eigenvalue weighted by molar-refractivity contribution is 0.0416. The highest BCUT2D eigenvalue weighted by Crippen LogP contribution is 2.27. The summed E-state index contributed by atoms with van der Waals surface area (Å²) in [5.41, 5.74) is 0. The molecule has 0 aromatic rings. The molecule has 2 rings (SSSR count). The van der Waals surface area contributed by atoms with Crippen molar-refractivity contribution in [3.05, 3.63) is 0 Å². The van der Waals surface area contributed by atoms with Crippen LogP contribution in [0.1, 0.15) is 40.0 Å². The fraction of sp³-hybridized carbons (Fsp3) is 1.00. The van der Waals surface area contributed by atoms with Gasteiger partial charge in [-0.05, 0) is 31.1 Å². The van der Waals surface area contributed by atoms with Crippen LogP contribution in [0.15, 0.2) is 0 Å². The molecule has 112 valence electrons. The summed E-state index contributed by atoms with van der Waals surface area (Å²) in [5.74, 6) is 1.11. The Morgan fingerprint density at radius 3 is 2.58 bits per heavy atom. The van der Waals surface area contributed by atoms with E-state index < -0.39 is 9.84 Å². The fourth-order valence-electron chi connectivity index (χ4n) is 3.22. The molecule has 19 heavy (non-hydrogen) atoms. The molecule has 4 unspecified atom stereocenters. The highest BCUT2D eigenvalue weighted by Gasteiger charge is 2.36. The maximum Gasteiger partial charge on any atom is 0.153 e. The van der Waals surface area contributed by atoms with Crippen LogP contribution < -0.4 is 5.32 Å². The minimum Gasteiger partial charge on any atom is -0.377 e. The average molecular weight is 289 g/mol. The van der Waals surface area contributed by atoms with E-state index in [0.29, 0.717) is 24.3 Å². The van der Waals surface area contributed by atoms with Gasteiger partial charge in [0.2, 0.25) is 0 Å². The summed E-state index contributed by atoms with van der Waals surface area (Å²) >= 11 is 0. The van der Waals surface area contributed by atoms with Crippen LogP contribution in [0.5, 0.6) is 0 Å². The Kier molecular flexibility index (Phi) is 4.90. The standard InChI is InChI=1S/C14H27NO3S/c1-10(2)13-7-12(8-15-13)18-9-11(3)14-5-4-6-19(14,16)17/h10-15H,4-9H2,1-3H3. The van der Waals surface area contributed by atoms with Crippen molar-refractivity contribution in [1.29, 1.82) is 0 Å². The molecular weight excluding hydrogens is 262 g/mol. The topological polar surface area (TPSA) is 55.4 Å². The molecule has 2 aliphatic heterocycles. The molecule has 5 heteroatoms. The van der Waals surface area contributed by atoms with Crippen molar-refractivity contribution in [1.82, 2.24) is 5.32 Å². The smallest absolute Gasteiger partial charge is 0.153 e. The number of hydrogen-bond acceptors (Lipinski definition) is 4. The summed E-state index contributed by atoms with van der Waals surface area (Å²) in [6.45, 7) is 7.91. The molecule has 4 atom stereocenters. The zero-order chi connectivity index (χ0) is 14.0. The Balaban J connectivity index is 1.77. The van der Waals surface area contributed by atoms with Crippen molar-refractivity contribution in [3.8, 4) is 0 Å². The van der Waals surface area contributed by atoms with Crippen molar-refractivity contribution in [2.24, 2.45) is 11.8 Å². The number of nitrogens with one attached hydrogen (secondary N) is 1. The zero-order valence-corrected chi connectivity index (χ0v) is 13.1. The molecule has 0 radical (unpaired) electrons. The quantitative estimate of drug-likeness (QED) is 0.835. The highest BCUT2D eigenvalue weighted by atomic mass is 32.2. The molecule has 0 aromatic carbocycles. The van der Waals surface area contributed by atoms with Gasteiger partial charge in [0.25, 0.3) is 0 Å². The largest absolute Gasteiger partial charge is 0.377 e. The third kappa shape index (κ3) is 3.70. The SMILES string of the molecule is CC(C)C1CC(OCC(C)C2CCCS2(=O)=O)CN1. The Morgan fingerprint density at radius 1 is 1.32 bits per heavy atom. The number of hydrogen-bond donors (Lipinski definition) is 1. The summed E-state index contributed by atoms with van der Waals surface area (Å²) in [6.07, 6.45) is 2.92. The van der Waals surface area contributed by atoms with Gasteiger partial charge < -0.3 is 10.1 Å². The molecule has 2 aliphatic rings. The van der Waals surface area contributed by atoms with Crippen molar-refractivity contribution in [2.45, 2.75) is 57.4 Å². The van der Waals surface area contributed by atoms with Gasteiger partial charge in [-0.3, -0.25) is 0 Å². The van der Waals surface area contributed by atoms with E-state index in [0.717, 1.165) is 25.8 Å². The van der Waals surface area contributed by atoms with Crippen molar-refractivity contribution >= 4 is 9.84 Å². The molecule has 0 saturated carbocycles. The van der Waals surface area contributed by atoms with Crippen LogP contribution >= 0.6 is 0 Å². The first-order chi connectivity index (χ1) is 8.90. The lowest BCUT2D eigenvalue weighted by atomic mass is 10.0. The fourth-order valence-corrected chi connectivity index (χ4v) is 5.40. The first-order valence-electron chi connectivity index (χ1n) is 7.46. The van der Waals surface area contributed by atoms with Gasteiger partial charge >= 0.3 is 0 Å². The molecule has 4 nitrogen and oxygen atoms in total. The van der Waals surface area contributed by atoms with Crippen LogP contribution in [0.4, 0.5) is 0 Å². The minimum atomic E-state index is -2.85. The molecule has 0 amide bonds. The lowest BCUT2D eigenvalue weighted by Gasteiger charge is -2.21. The van der Waals surface area contributed by atoms with Gasteiger partial charge in [0.15, 0.2) is 9.84 Å². The summed E-state index contributed by atoms with van der Waals surface area (Å²) < 4.78 is 29.7. The maximum absolute atomic E-state index is 11.9. The minimum absolute atomic E-state index is 0.116. The van der Waals surface area contributed by atoms with Gasteiger partial charge in [-0.2, -0.15) is 0 Å². The third-order valence-corrected chi connectivity index (χ3v) is 7.02. The van der Waals surface area contributed by atoms with E-state index in [1.165, 1.54) is 0 Å². The first kappa shape index (κ1) is 15.3. The maximum atomic E-state index is 11.9. The average Bonchev–Trinajstić information content (AvgIpc) is 2.92. The number of rotatable bonds is 5. The van der Waals surface area contributed by atoms with Crippen molar-refractivity contribution < 1.29 is 13.2 Å². The Morgan fingerprint density at radius 2 is 2.05 bits per heavy atom. The second-order valence-electron chi connectivity index (χ2n) is 6.47. The molecule has 0 aromatic heterocycles. The van der Waals surface area contributed by atoms with E-state index in [-0.39, 0.29) is 17.3 Å². The molecule has 0 spiro atoms. The van der Waals surface area contributed by atoms with E-state index >= 15 is 0 Å². The Hall–Kier alpha value is -0.130. The molecule has 2 fully saturated rings. The van der Waals surface area contributed by atoms with Gasteiger partial charge in [-0.1, -0.05) is 20.8 Å². The summed E-state index contributed by atoms with van der Waals surface area (Å²) in [5, 5.41) is 3.29. The van der Waals surface area contributed by atoms with Crippen LogP contribution in [-0.4, -0.2) is 44.7 Å². The summed E-state index contributed by atoms with van der Waals surface area (Å²) in [7, 11) is -2.85. The van der Waals surface area contributed by atoms with E-state index in [2.05, 4.69) is 19.2 Å². The second-order valence-corrected chi connectivity index (χ2v) is 8.81. The number of sulfone groups is 1. The van der Waals surface area contributed by atoms with Gasteiger partial charge in [-0.15, -0.1) is 0 Å². The predicted octanol–water partition coefficient (Wildman–Crippen LogP) is 1.60. The molecule has 0 aliphatic carbocycles. The molecular formula is C14H27NO3S. The van der Waals surface area contributed by atoms with Gasteiger partial charge in [0.05, 0.1) is 23.7 Å². The van der Waals surface area contributed by atoms with Crippen LogP contribution in [-0.2, 0) is 14.6 Å². The predicted molar refractivity (Wildman–Crippen MR) is 77.0 cm³/mol. The third-order valence-electron chi connectivity index (χ3n) is 4.54. The van der Waals surface area contributed by atoms with Gasteiger partial charge in [0.1, 0.15) is 0 Å². The van der Waals surface area contributed by atoms with Crippen LogP contribution in [0, 0.1) is 11.8 Å². The van der Waals surface area contributed by atoms with E-state index in [4.69, 9.17) is 4.74 Å². The highest BCUT2D eigenvalue weighted by molar-refractivity contribution is 7.92. The van der Waals surface area contributed by atoms with Crippen LogP contribution in [0.25, 0.3) is 0 Å². The Bertz CT molecular complexity index is 393. The molecule has 2 heterocycles. The monoisotopic (exact) mass is 289 g/mol. The van der Waals surface area contributed by atoms with Crippen molar-refractivity contribution in [3.63, 3.8) is 0 Å². The van der Waals surface area contributed by atoms with Gasteiger partial charge in [0, 0.05) is 12.6 Å². The number of ether oxygens (including phenoxy) is 1. The van der Waals surface area contributed by atoms with E-state index in [1.807, 2.05) is 6.92 Å². The molecule has 0 bridgehead atoms. The Labute approximate surface area is 117 Å². The normalized spacial score (nSPS) is 35.9. The molecule has 1 N–H and O–H groups in total. The van der Waals surface area contributed by atoms with Crippen molar-refractivity contribution in [2.75, 3.05) is 18.9 Å². The second kappa shape index (κ2) is 6.10. The lowest BCUT2D eigenvalue weighted by Crippen LogP contribution is -2.29.